The number of hydrogen-bond acceptors (Lipinski definition) is 3. The van der Waals surface area contributed by atoms with Gasteiger partial charge in [-0.25, -0.2) is 0 Å². The minimum Gasteiger partial charge on any atom is -0.491 e. The van der Waals surface area contributed by atoms with Crippen molar-refractivity contribution < 1.29 is 9.47 Å². The molecule has 2 nitrogen and oxygen atoms in total. The summed E-state index contributed by atoms with van der Waals surface area (Å²) in [6, 6.07) is 5.87. The third-order valence-corrected chi connectivity index (χ3v) is 4.48. The van der Waals surface area contributed by atoms with E-state index in [0.717, 1.165) is 43.1 Å². The fourth-order valence-electron chi connectivity index (χ4n) is 2.11. The van der Waals surface area contributed by atoms with Gasteiger partial charge in [0.15, 0.2) is 0 Å². The highest BCUT2D eigenvalue weighted by Gasteiger charge is 2.32. The minimum atomic E-state index is 0.121. The second-order valence-corrected chi connectivity index (χ2v) is 5.72. The molecule has 1 aromatic carbocycles. The standard InChI is InChI=1S/C14H19ClO2S/c1-11-2-3-13(12(15)8-11)17-9-14(10-18)4-6-16-7-5-14/h2-3,8,18H,4-7,9-10H2,1H3. The van der Waals surface area contributed by atoms with Gasteiger partial charge in [-0.15, -0.1) is 0 Å². The molecule has 0 radical (unpaired) electrons. The first kappa shape index (κ1) is 14.0. The van der Waals surface area contributed by atoms with Crippen LogP contribution in [0.1, 0.15) is 18.4 Å². The molecule has 1 fully saturated rings. The average molecular weight is 287 g/mol. The van der Waals surface area contributed by atoms with Crippen LogP contribution >= 0.6 is 24.2 Å². The Balaban J connectivity index is 2.01. The fourth-order valence-corrected chi connectivity index (χ4v) is 2.80. The Hall–Kier alpha value is -0.380. The van der Waals surface area contributed by atoms with E-state index in [1.54, 1.807) is 0 Å². The summed E-state index contributed by atoms with van der Waals surface area (Å²) in [5.74, 6) is 1.58. The van der Waals surface area contributed by atoms with Crippen LogP contribution in [-0.4, -0.2) is 25.6 Å². The van der Waals surface area contributed by atoms with E-state index in [1.165, 1.54) is 0 Å². The predicted molar refractivity (Wildman–Crippen MR) is 78.0 cm³/mol. The first-order valence-corrected chi connectivity index (χ1v) is 7.24. The molecule has 1 saturated heterocycles. The van der Waals surface area contributed by atoms with Crippen molar-refractivity contribution in [2.24, 2.45) is 5.41 Å². The van der Waals surface area contributed by atoms with Gasteiger partial charge in [0.05, 0.1) is 11.6 Å². The van der Waals surface area contributed by atoms with Crippen molar-refractivity contribution in [3.8, 4) is 5.75 Å². The quantitative estimate of drug-likeness (QED) is 0.850. The van der Waals surface area contributed by atoms with Crippen molar-refractivity contribution in [3.63, 3.8) is 0 Å². The van der Waals surface area contributed by atoms with Crippen LogP contribution in [0, 0.1) is 12.3 Å². The highest BCUT2D eigenvalue weighted by Crippen LogP contribution is 2.34. The number of thiol groups is 1. The molecule has 1 aromatic rings. The van der Waals surface area contributed by atoms with E-state index in [1.807, 2.05) is 25.1 Å². The van der Waals surface area contributed by atoms with Crippen molar-refractivity contribution in [2.45, 2.75) is 19.8 Å². The molecule has 1 aliphatic rings. The molecule has 0 aliphatic carbocycles. The summed E-state index contributed by atoms with van der Waals surface area (Å²) in [6.45, 7) is 4.27. The first-order chi connectivity index (χ1) is 8.65. The van der Waals surface area contributed by atoms with E-state index < -0.39 is 0 Å². The lowest BCUT2D eigenvalue weighted by Gasteiger charge is -2.35. The lowest BCUT2D eigenvalue weighted by Crippen LogP contribution is -2.36. The Kier molecular flexibility index (Phi) is 4.82. The molecule has 1 aliphatic heterocycles. The van der Waals surface area contributed by atoms with Crippen LogP contribution in [0.2, 0.25) is 5.02 Å². The van der Waals surface area contributed by atoms with E-state index >= 15 is 0 Å². The lowest BCUT2D eigenvalue weighted by molar-refractivity contribution is 0.00313. The second kappa shape index (κ2) is 6.18. The SMILES string of the molecule is Cc1ccc(OCC2(CS)CCOCC2)c(Cl)c1. The Morgan fingerprint density at radius 2 is 2.11 bits per heavy atom. The average Bonchev–Trinajstić information content (AvgIpc) is 2.39. The molecule has 0 bridgehead atoms. The normalized spacial score (nSPS) is 18.6. The molecule has 0 aromatic heterocycles. The molecule has 0 saturated carbocycles. The van der Waals surface area contributed by atoms with Crippen LogP contribution < -0.4 is 4.74 Å². The lowest BCUT2D eigenvalue weighted by atomic mass is 9.83. The summed E-state index contributed by atoms with van der Waals surface area (Å²) < 4.78 is 11.3. The summed E-state index contributed by atoms with van der Waals surface area (Å²) >= 11 is 10.6. The van der Waals surface area contributed by atoms with Crippen LogP contribution in [0.25, 0.3) is 0 Å². The van der Waals surface area contributed by atoms with E-state index in [0.29, 0.717) is 11.6 Å². The van der Waals surface area contributed by atoms with Gasteiger partial charge in [0.1, 0.15) is 5.75 Å². The first-order valence-electron chi connectivity index (χ1n) is 6.23. The number of ether oxygens (including phenoxy) is 2. The Labute approximate surface area is 119 Å². The van der Waals surface area contributed by atoms with Gasteiger partial charge in [0.25, 0.3) is 0 Å². The van der Waals surface area contributed by atoms with Crippen molar-refractivity contribution in [1.29, 1.82) is 0 Å². The number of hydrogen-bond donors (Lipinski definition) is 1. The molecule has 100 valence electrons. The Morgan fingerprint density at radius 3 is 2.72 bits per heavy atom. The van der Waals surface area contributed by atoms with Gasteiger partial charge in [-0.05, 0) is 43.2 Å². The van der Waals surface area contributed by atoms with E-state index in [9.17, 15) is 0 Å². The monoisotopic (exact) mass is 286 g/mol. The molecular formula is C14H19ClO2S. The molecule has 1 heterocycles. The smallest absolute Gasteiger partial charge is 0.137 e. The van der Waals surface area contributed by atoms with Crippen LogP contribution in [0.15, 0.2) is 18.2 Å². The molecular weight excluding hydrogens is 268 g/mol. The molecule has 0 amide bonds. The Bertz CT molecular complexity index is 403. The number of aryl methyl sites for hydroxylation is 1. The van der Waals surface area contributed by atoms with Gasteiger partial charge >= 0.3 is 0 Å². The zero-order valence-corrected chi connectivity index (χ0v) is 12.3. The molecule has 0 N–H and O–H groups in total. The van der Waals surface area contributed by atoms with Gasteiger partial charge in [-0.2, -0.15) is 12.6 Å². The number of benzene rings is 1. The maximum atomic E-state index is 6.17. The molecule has 2 rings (SSSR count). The van der Waals surface area contributed by atoms with Gasteiger partial charge in [0, 0.05) is 18.6 Å². The maximum absolute atomic E-state index is 6.17. The van der Waals surface area contributed by atoms with E-state index in [-0.39, 0.29) is 5.41 Å². The summed E-state index contributed by atoms with van der Waals surface area (Å²) in [4.78, 5) is 0. The third kappa shape index (κ3) is 3.34. The highest BCUT2D eigenvalue weighted by molar-refractivity contribution is 7.80. The summed E-state index contributed by atoms with van der Waals surface area (Å²) in [6.07, 6.45) is 2.00. The zero-order chi connectivity index (χ0) is 13.0. The number of rotatable bonds is 4. The van der Waals surface area contributed by atoms with Crippen molar-refractivity contribution in [3.05, 3.63) is 28.8 Å². The van der Waals surface area contributed by atoms with E-state index in [2.05, 4.69) is 12.6 Å². The van der Waals surface area contributed by atoms with Crippen molar-refractivity contribution >= 4 is 24.2 Å². The van der Waals surface area contributed by atoms with Crippen LogP contribution in [-0.2, 0) is 4.74 Å². The van der Waals surface area contributed by atoms with Crippen molar-refractivity contribution in [1.82, 2.24) is 0 Å². The second-order valence-electron chi connectivity index (χ2n) is 4.99. The minimum absolute atomic E-state index is 0.121. The number of halogens is 1. The summed E-state index contributed by atoms with van der Waals surface area (Å²) in [7, 11) is 0. The molecule has 18 heavy (non-hydrogen) atoms. The maximum Gasteiger partial charge on any atom is 0.137 e. The highest BCUT2D eigenvalue weighted by atomic mass is 35.5. The fraction of sp³-hybridized carbons (Fsp3) is 0.571. The summed E-state index contributed by atoms with van der Waals surface area (Å²) in [5, 5.41) is 0.677. The zero-order valence-electron chi connectivity index (χ0n) is 10.6. The van der Waals surface area contributed by atoms with E-state index in [4.69, 9.17) is 21.1 Å². The molecule has 4 heteroatoms. The van der Waals surface area contributed by atoms with Crippen molar-refractivity contribution in [2.75, 3.05) is 25.6 Å². The predicted octanol–water partition coefficient (Wildman–Crippen LogP) is 3.75. The van der Waals surface area contributed by atoms with Gasteiger partial charge in [-0.1, -0.05) is 17.7 Å². The summed E-state index contributed by atoms with van der Waals surface area (Å²) in [5.41, 5.74) is 1.26. The Morgan fingerprint density at radius 1 is 1.39 bits per heavy atom. The molecule has 0 unspecified atom stereocenters. The van der Waals surface area contributed by atoms with Crippen LogP contribution in [0.4, 0.5) is 0 Å². The van der Waals surface area contributed by atoms with Crippen LogP contribution in [0.3, 0.4) is 0 Å². The topological polar surface area (TPSA) is 18.5 Å². The van der Waals surface area contributed by atoms with Gasteiger partial charge in [-0.3, -0.25) is 0 Å². The largest absolute Gasteiger partial charge is 0.491 e. The van der Waals surface area contributed by atoms with Crippen LogP contribution in [0.5, 0.6) is 5.75 Å². The van der Waals surface area contributed by atoms with Gasteiger partial charge < -0.3 is 9.47 Å². The third-order valence-electron chi connectivity index (χ3n) is 3.51. The van der Waals surface area contributed by atoms with Gasteiger partial charge in [0.2, 0.25) is 0 Å². The molecule has 0 atom stereocenters. The molecule has 0 spiro atoms.